The van der Waals surface area contributed by atoms with E-state index in [4.69, 9.17) is 4.74 Å². The lowest BCUT2D eigenvalue weighted by atomic mass is 10.0. The van der Waals surface area contributed by atoms with Gasteiger partial charge in [-0.25, -0.2) is 9.18 Å². The van der Waals surface area contributed by atoms with E-state index in [0.717, 1.165) is 27.7 Å². The van der Waals surface area contributed by atoms with Gasteiger partial charge in [-0.05, 0) is 71.4 Å². The smallest absolute Gasteiger partial charge is 0.334 e. The Labute approximate surface area is 171 Å². The summed E-state index contributed by atoms with van der Waals surface area (Å²) in [5.41, 5.74) is 3.84. The van der Waals surface area contributed by atoms with Crippen LogP contribution in [-0.4, -0.2) is 16.1 Å². The number of hydrogen-bond donors (Lipinski definition) is 0. The monoisotopic (exact) mass is 393 g/mol. The molecule has 4 heteroatoms. The number of benzene rings is 2. The average Bonchev–Trinajstić information content (AvgIpc) is 2.95. The standard InChI is InChI=1S/C25H28FNO2/c1-16(2)27-21-10-8-7-9-20(21)23(18-11-13-19(26)14-12-18)22(27)15-17(3)24(28)29-25(4,5)6/h7-16H,1-6H3. The van der Waals surface area contributed by atoms with Gasteiger partial charge in [0.05, 0.1) is 5.69 Å². The molecule has 0 unspecified atom stereocenters. The van der Waals surface area contributed by atoms with E-state index in [-0.39, 0.29) is 17.8 Å². The molecule has 0 bridgehead atoms. The zero-order valence-corrected chi connectivity index (χ0v) is 17.9. The Morgan fingerprint density at radius 3 is 2.28 bits per heavy atom. The van der Waals surface area contributed by atoms with Crippen molar-refractivity contribution in [3.8, 4) is 11.1 Å². The maximum atomic E-state index is 13.5. The van der Waals surface area contributed by atoms with E-state index in [0.29, 0.717) is 5.57 Å². The lowest BCUT2D eigenvalue weighted by molar-refractivity contribution is -0.149. The normalized spacial score (nSPS) is 12.6. The van der Waals surface area contributed by atoms with Crippen LogP contribution < -0.4 is 0 Å². The van der Waals surface area contributed by atoms with Crippen molar-refractivity contribution in [2.24, 2.45) is 0 Å². The average molecular weight is 394 g/mol. The molecule has 0 N–H and O–H groups in total. The lowest BCUT2D eigenvalue weighted by Gasteiger charge is -2.20. The van der Waals surface area contributed by atoms with Crippen molar-refractivity contribution < 1.29 is 13.9 Å². The van der Waals surface area contributed by atoms with Gasteiger partial charge in [-0.3, -0.25) is 0 Å². The van der Waals surface area contributed by atoms with Crippen LogP contribution in [-0.2, 0) is 9.53 Å². The first kappa shape index (κ1) is 20.8. The van der Waals surface area contributed by atoms with Gasteiger partial charge in [-0.2, -0.15) is 0 Å². The third kappa shape index (κ3) is 4.42. The molecule has 0 fully saturated rings. The van der Waals surface area contributed by atoms with Gasteiger partial charge in [-0.15, -0.1) is 0 Å². The molecule has 0 amide bonds. The highest BCUT2D eigenvalue weighted by Crippen LogP contribution is 2.38. The SMILES string of the molecule is CC(=Cc1c(-c2ccc(F)cc2)c2ccccc2n1C(C)C)C(=O)OC(C)(C)C. The summed E-state index contributed by atoms with van der Waals surface area (Å²) >= 11 is 0. The molecular weight excluding hydrogens is 365 g/mol. The largest absolute Gasteiger partial charge is 0.457 e. The molecule has 3 aromatic rings. The summed E-state index contributed by atoms with van der Waals surface area (Å²) in [6.07, 6.45) is 1.88. The molecule has 29 heavy (non-hydrogen) atoms. The number of aromatic nitrogens is 1. The van der Waals surface area contributed by atoms with Gasteiger partial charge < -0.3 is 9.30 Å². The van der Waals surface area contributed by atoms with Crippen LogP contribution >= 0.6 is 0 Å². The van der Waals surface area contributed by atoms with E-state index in [1.165, 1.54) is 12.1 Å². The zero-order valence-electron chi connectivity index (χ0n) is 17.9. The first-order valence-corrected chi connectivity index (χ1v) is 9.89. The summed E-state index contributed by atoms with van der Waals surface area (Å²) < 4.78 is 21.3. The molecule has 1 aromatic heterocycles. The zero-order chi connectivity index (χ0) is 21.3. The third-order valence-corrected chi connectivity index (χ3v) is 4.67. The predicted molar refractivity (Wildman–Crippen MR) is 117 cm³/mol. The lowest BCUT2D eigenvalue weighted by Crippen LogP contribution is -2.24. The number of esters is 1. The van der Waals surface area contributed by atoms with Crippen LogP contribution in [0.3, 0.4) is 0 Å². The Bertz CT molecular complexity index is 1070. The number of rotatable bonds is 4. The molecule has 0 aliphatic carbocycles. The first-order chi connectivity index (χ1) is 13.6. The Morgan fingerprint density at radius 2 is 1.69 bits per heavy atom. The summed E-state index contributed by atoms with van der Waals surface area (Å²) in [5, 5.41) is 1.07. The van der Waals surface area contributed by atoms with E-state index in [9.17, 15) is 9.18 Å². The number of carbonyl (C=O) groups excluding carboxylic acids is 1. The van der Waals surface area contributed by atoms with Crippen LogP contribution in [0, 0.1) is 5.82 Å². The first-order valence-electron chi connectivity index (χ1n) is 9.89. The molecule has 0 aliphatic heterocycles. The molecule has 152 valence electrons. The maximum absolute atomic E-state index is 13.5. The third-order valence-electron chi connectivity index (χ3n) is 4.67. The van der Waals surface area contributed by atoms with E-state index in [1.807, 2.05) is 39.0 Å². The minimum Gasteiger partial charge on any atom is -0.457 e. The van der Waals surface area contributed by atoms with Crippen molar-refractivity contribution in [1.29, 1.82) is 0 Å². The van der Waals surface area contributed by atoms with Crippen LogP contribution in [0.4, 0.5) is 4.39 Å². The Kier molecular flexibility index (Phi) is 5.65. The molecule has 3 nitrogen and oxygen atoms in total. The number of ether oxygens (including phenoxy) is 1. The van der Waals surface area contributed by atoms with Gasteiger partial charge in [0.25, 0.3) is 0 Å². The summed E-state index contributed by atoms with van der Waals surface area (Å²) in [7, 11) is 0. The molecule has 3 rings (SSSR count). The predicted octanol–water partition coefficient (Wildman–Crippen LogP) is 6.77. The van der Waals surface area contributed by atoms with Crippen LogP contribution in [0.2, 0.25) is 0 Å². The fourth-order valence-corrected chi connectivity index (χ4v) is 3.52. The van der Waals surface area contributed by atoms with Crippen LogP contribution in [0.5, 0.6) is 0 Å². The molecule has 0 radical (unpaired) electrons. The Morgan fingerprint density at radius 1 is 1.07 bits per heavy atom. The number of nitrogens with zero attached hydrogens (tertiary/aromatic N) is 1. The number of halogens is 1. The molecule has 2 aromatic carbocycles. The quantitative estimate of drug-likeness (QED) is 0.362. The van der Waals surface area contributed by atoms with Gasteiger partial charge in [0.1, 0.15) is 11.4 Å². The van der Waals surface area contributed by atoms with Crippen molar-refractivity contribution in [3.05, 3.63) is 65.6 Å². The second-order valence-electron chi connectivity index (χ2n) is 8.58. The van der Waals surface area contributed by atoms with E-state index >= 15 is 0 Å². The second kappa shape index (κ2) is 7.86. The number of para-hydroxylation sites is 1. The van der Waals surface area contributed by atoms with Gasteiger partial charge in [0, 0.05) is 28.1 Å². The van der Waals surface area contributed by atoms with Gasteiger partial charge in [-0.1, -0.05) is 30.3 Å². The summed E-state index contributed by atoms with van der Waals surface area (Å²) in [6, 6.07) is 14.8. The van der Waals surface area contributed by atoms with Crippen molar-refractivity contribution in [1.82, 2.24) is 4.57 Å². The number of fused-ring (bicyclic) bond motifs is 1. The molecule has 0 aliphatic rings. The second-order valence-corrected chi connectivity index (χ2v) is 8.58. The molecule has 1 heterocycles. The molecule has 0 spiro atoms. The highest BCUT2D eigenvalue weighted by Gasteiger charge is 2.22. The topological polar surface area (TPSA) is 31.2 Å². The fraction of sp³-hybridized carbons (Fsp3) is 0.320. The minimum absolute atomic E-state index is 0.173. The highest BCUT2D eigenvalue weighted by atomic mass is 19.1. The molecule has 0 atom stereocenters. The summed E-state index contributed by atoms with van der Waals surface area (Å²) in [5.74, 6) is -0.619. The van der Waals surface area contributed by atoms with E-state index in [1.54, 1.807) is 19.1 Å². The van der Waals surface area contributed by atoms with Gasteiger partial charge in [0.2, 0.25) is 0 Å². The van der Waals surface area contributed by atoms with Crippen LogP contribution in [0.25, 0.3) is 28.1 Å². The van der Waals surface area contributed by atoms with Gasteiger partial charge >= 0.3 is 5.97 Å². The molecule has 0 saturated carbocycles. The van der Waals surface area contributed by atoms with Crippen molar-refractivity contribution in [3.63, 3.8) is 0 Å². The summed E-state index contributed by atoms with van der Waals surface area (Å²) in [6.45, 7) is 11.6. The van der Waals surface area contributed by atoms with E-state index < -0.39 is 5.60 Å². The Balaban J connectivity index is 2.28. The van der Waals surface area contributed by atoms with Crippen LogP contribution in [0.15, 0.2) is 54.1 Å². The molecular formula is C25H28FNO2. The fourth-order valence-electron chi connectivity index (χ4n) is 3.52. The van der Waals surface area contributed by atoms with Crippen LogP contribution in [0.1, 0.15) is 53.3 Å². The van der Waals surface area contributed by atoms with Gasteiger partial charge in [0.15, 0.2) is 0 Å². The Hall–Kier alpha value is -2.88. The molecule has 0 saturated heterocycles. The number of hydrogen-bond acceptors (Lipinski definition) is 2. The minimum atomic E-state index is -0.559. The van der Waals surface area contributed by atoms with Crippen molar-refractivity contribution in [2.45, 2.75) is 53.2 Å². The summed E-state index contributed by atoms with van der Waals surface area (Å²) in [4.78, 5) is 12.6. The number of carbonyl (C=O) groups is 1. The van der Waals surface area contributed by atoms with Crippen molar-refractivity contribution >= 4 is 22.9 Å². The van der Waals surface area contributed by atoms with Crippen molar-refractivity contribution in [2.75, 3.05) is 0 Å². The maximum Gasteiger partial charge on any atom is 0.334 e. The van der Waals surface area contributed by atoms with E-state index in [2.05, 4.69) is 30.5 Å². The highest BCUT2D eigenvalue weighted by molar-refractivity contribution is 6.03.